The van der Waals surface area contributed by atoms with E-state index < -0.39 is 38.4 Å². The number of anilines is 1. The Labute approximate surface area is 218 Å². The molecule has 2 aromatic heterocycles. The molecule has 0 bridgehead atoms. The third-order valence-electron chi connectivity index (χ3n) is 6.02. The number of rotatable bonds is 12. The number of nitrogen functional groups attached to an aromatic ring is 1. The molecule has 3 heterocycles. The summed E-state index contributed by atoms with van der Waals surface area (Å²) in [5.41, 5.74) is 5.87. The fourth-order valence-electron chi connectivity index (χ4n) is 4.13. The quantitative estimate of drug-likeness (QED) is 0.174. The normalized spacial score (nSPS) is 20.6. The molecule has 202 valence electrons. The van der Waals surface area contributed by atoms with Gasteiger partial charge in [0.15, 0.2) is 17.2 Å². The first-order chi connectivity index (χ1) is 18.2. The average molecular weight is 545 g/mol. The maximum atomic E-state index is 13.6. The Kier molecular flexibility index (Phi) is 8.00. The zero-order valence-electron chi connectivity index (χ0n) is 20.9. The van der Waals surface area contributed by atoms with Crippen LogP contribution in [0.1, 0.15) is 19.5 Å². The van der Waals surface area contributed by atoms with Crippen molar-refractivity contribution < 1.29 is 33.0 Å². The van der Waals surface area contributed by atoms with E-state index in [2.05, 4.69) is 26.9 Å². The molecule has 4 rings (SSSR count). The second-order valence-corrected chi connectivity index (χ2v) is 10.1. The van der Waals surface area contributed by atoms with Crippen LogP contribution in [0.4, 0.5) is 5.82 Å². The fraction of sp³-hybridized carbons (Fsp3) is 0.333. The van der Waals surface area contributed by atoms with Crippen LogP contribution >= 0.6 is 7.75 Å². The van der Waals surface area contributed by atoms with Crippen molar-refractivity contribution in [3.8, 4) is 5.75 Å². The van der Waals surface area contributed by atoms with Crippen molar-refractivity contribution in [2.24, 2.45) is 10.9 Å². The highest BCUT2D eigenvalue weighted by Gasteiger charge is 2.51. The third-order valence-corrected chi connectivity index (χ3v) is 7.49. The highest BCUT2D eigenvalue weighted by Crippen LogP contribution is 2.49. The molecule has 4 N–H and O–H groups in total. The molecule has 0 amide bonds. The van der Waals surface area contributed by atoms with E-state index in [1.54, 1.807) is 60.8 Å². The molecule has 1 aliphatic heterocycles. The number of nitrogens with zero attached hydrogens (tertiary/aromatic N) is 4. The van der Waals surface area contributed by atoms with Gasteiger partial charge in [-0.1, -0.05) is 25.1 Å². The van der Waals surface area contributed by atoms with E-state index in [1.807, 2.05) is 0 Å². The molecule has 13 nitrogen and oxygen atoms in total. The number of aromatic nitrogens is 3. The van der Waals surface area contributed by atoms with Gasteiger partial charge in [-0.25, -0.2) is 19.2 Å². The lowest BCUT2D eigenvalue weighted by molar-refractivity contribution is -0.141. The van der Waals surface area contributed by atoms with Gasteiger partial charge in [0, 0.05) is 0 Å². The van der Waals surface area contributed by atoms with Crippen LogP contribution in [0, 0.1) is 5.92 Å². The summed E-state index contributed by atoms with van der Waals surface area (Å²) in [5.74, 6) is -0.879. The number of nitrogens with one attached hydrogen (secondary N) is 1. The van der Waals surface area contributed by atoms with Gasteiger partial charge in [0.25, 0.3) is 0 Å². The number of carbonyl (C=O) groups excluding carboxylic acids is 1. The zero-order chi connectivity index (χ0) is 27.3. The second kappa shape index (κ2) is 11.2. The number of hydrogen-bond acceptors (Lipinski definition) is 11. The summed E-state index contributed by atoms with van der Waals surface area (Å²) in [6.45, 7) is 6.33. The summed E-state index contributed by atoms with van der Waals surface area (Å²) in [4.78, 5) is 19.9. The predicted molar refractivity (Wildman–Crippen MR) is 139 cm³/mol. The fourth-order valence-corrected chi connectivity index (χ4v) is 5.35. The van der Waals surface area contributed by atoms with Crippen molar-refractivity contribution in [3.05, 3.63) is 66.0 Å². The minimum atomic E-state index is -4.13. The van der Waals surface area contributed by atoms with Crippen LogP contribution in [0.15, 0.2) is 65.3 Å². The Morgan fingerprint density at radius 3 is 2.82 bits per heavy atom. The molecule has 0 saturated carbocycles. The Bertz CT molecular complexity index is 1400. The molecule has 14 heteroatoms. The predicted octanol–water partition coefficient (Wildman–Crippen LogP) is 3.00. The summed E-state index contributed by atoms with van der Waals surface area (Å²) < 4.78 is 37.5. The highest BCUT2D eigenvalue weighted by molar-refractivity contribution is 7.52. The maximum absolute atomic E-state index is 13.6. The molecule has 3 aromatic rings. The number of nitrogens with two attached hydrogens (primary N) is 1. The van der Waals surface area contributed by atoms with Crippen molar-refractivity contribution in [1.29, 1.82) is 0 Å². The number of esters is 1. The van der Waals surface area contributed by atoms with Gasteiger partial charge in [0.1, 0.15) is 36.5 Å². The molecule has 0 saturated heterocycles. The second-order valence-electron chi connectivity index (χ2n) is 8.38. The molecule has 38 heavy (non-hydrogen) atoms. The molecule has 3 atom stereocenters. The van der Waals surface area contributed by atoms with Gasteiger partial charge in [-0.3, -0.25) is 14.3 Å². The number of aliphatic hydroxyl groups excluding tert-OH is 1. The number of aliphatic imine (C=N–C) groups is 1. The molecule has 1 unspecified atom stereocenters. The Morgan fingerprint density at radius 2 is 2.11 bits per heavy atom. The topological polar surface area (TPSA) is 172 Å². The smallest absolute Gasteiger partial charge is 0.459 e. The van der Waals surface area contributed by atoms with Gasteiger partial charge in [0.05, 0.1) is 24.8 Å². The number of carbonyl (C=O) groups is 1. The molecular formula is C24H29N6O7P. The monoisotopic (exact) mass is 544 g/mol. The van der Waals surface area contributed by atoms with Crippen LogP contribution in [0.3, 0.4) is 0 Å². The first-order valence-electron chi connectivity index (χ1n) is 11.7. The van der Waals surface area contributed by atoms with Crippen LogP contribution < -0.4 is 15.3 Å². The van der Waals surface area contributed by atoms with Gasteiger partial charge >= 0.3 is 13.7 Å². The Morgan fingerprint density at radius 1 is 1.34 bits per heavy atom. The zero-order valence-corrected chi connectivity index (χ0v) is 21.8. The van der Waals surface area contributed by atoms with Crippen molar-refractivity contribution >= 4 is 31.8 Å². The van der Waals surface area contributed by atoms with Crippen molar-refractivity contribution in [3.63, 3.8) is 0 Å². The van der Waals surface area contributed by atoms with E-state index in [9.17, 15) is 14.5 Å². The lowest BCUT2D eigenvalue weighted by atomic mass is 9.86. The summed E-state index contributed by atoms with van der Waals surface area (Å²) in [7, 11) is -4.13. The summed E-state index contributed by atoms with van der Waals surface area (Å²) in [6, 6.07) is 11.8. The first kappa shape index (κ1) is 27.1. The molecule has 1 aliphatic rings. The SMILES string of the molecule is C=NC[C@@]1(c2ccc3c(N)ncnn23)OC(COP(=O)(NCC(=O)OCC)Oc2ccccc2)=C(O)[C@@H]1C. The van der Waals surface area contributed by atoms with E-state index in [0.717, 1.165) is 0 Å². The standard InChI is InChI=1S/C24H29N6O7P/c1-4-34-21(31)12-29-38(33,37-17-8-6-5-7-9-17)35-13-19-22(32)16(2)24(36-19,14-26-3)20-11-10-18-23(25)27-15-28-30(18)20/h5-11,15-16,32H,3-4,12-14H2,1-2H3,(H,29,33)(H2,25,27,28)/t16-,24+,38?/m0/s1. The van der Waals surface area contributed by atoms with Gasteiger partial charge in [-0.15, -0.1) is 0 Å². The van der Waals surface area contributed by atoms with Crippen LogP contribution in [-0.4, -0.2) is 58.7 Å². The van der Waals surface area contributed by atoms with E-state index >= 15 is 0 Å². The Hall–Kier alpha value is -3.93. The summed E-state index contributed by atoms with van der Waals surface area (Å²) >= 11 is 0. The lowest BCUT2D eigenvalue weighted by Gasteiger charge is -2.31. The maximum Gasteiger partial charge on any atom is 0.459 e. The minimum Gasteiger partial charge on any atom is -0.508 e. The van der Waals surface area contributed by atoms with Crippen LogP contribution in [0.5, 0.6) is 5.75 Å². The number of fused-ring (bicyclic) bond motifs is 1. The van der Waals surface area contributed by atoms with Gasteiger partial charge < -0.3 is 24.8 Å². The largest absolute Gasteiger partial charge is 0.508 e. The minimum absolute atomic E-state index is 0.00736. The van der Waals surface area contributed by atoms with Gasteiger partial charge in [0.2, 0.25) is 0 Å². The van der Waals surface area contributed by atoms with Gasteiger partial charge in [-0.2, -0.15) is 5.10 Å². The highest BCUT2D eigenvalue weighted by atomic mass is 31.2. The van der Waals surface area contributed by atoms with Crippen molar-refractivity contribution in [2.45, 2.75) is 19.4 Å². The van der Waals surface area contributed by atoms with Crippen LogP contribution in [-0.2, 0) is 29.0 Å². The summed E-state index contributed by atoms with van der Waals surface area (Å²) in [6.07, 6.45) is 1.31. The van der Waals surface area contributed by atoms with Crippen LogP contribution in [0.2, 0.25) is 0 Å². The number of aliphatic hydroxyl groups is 1. The number of benzene rings is 1. The van der Waals surface area contributed by atoms with E-state index in [1.165, 1.54) is 6.33 Å². The first-order valence-corrected chi connectivity index (χ1v) is 13.3. The molecule has 0 fully saturated rings. The molecule has 0 aliphatic carbocycles. The Balaban J connectivity index is 1.59. The number of ether oxygens (including phenoxy) is 2. The lowest BCUT2D eigenvalue weighted by Crippen LogP contribution is -2.38. The number of para-hydroxylation sites is 1. The molecule has 1 aromatic carbocycles. The third kappa shape index (κ3) is 5.35. The average Bonchev–Trinajstić information content (AvgIpc) is 3.44. The molecule has 0 radical (unpaired) electrons. The summed E-state index contributed by atoms with van der Waals surface area (Å²) in [5, 5.41) is 17.8. The van der Waals surface area contributed by atoms with Crippen molar-refractivity contribution in [1.82, 2.24) is 19.7 Å². The molecule has 0 spiro atoms. The van der Waals surface area contributed by atoms with Crippen molar-refractivity contribution in [2.75, 3.05) is 32.0 Å². The van der Waals surface area contributed by atoms with E-state index in [4.69, 9.17) is 24.3 Å². The van der Waals surface area contributed by atoms with Gasteiger partial charge in [-0.05, 0) is 37.9 Å². The van der Waals surface area contributed by atoms with E-state index in [0.29, 0.717) is 11.2 Å². The molecular weight excluding hydrogens is 515 g/mol. The van der Waals surface area contributed by atoms with E-state index in [-0.39, 0.29) is 36.2 Å². The van der Waals surface area contributed by atoms with Crippen LogP contribution in [0.25, 0.3) is 5.52 Å². The number of hydrogen-bond donors (Lipinski definition) is 3.